The minimum atomic E-state index is -0.969. The van der Waals surface area contributed by atoms with Crippen molar-refractivity contribution >= 4 is 11.9 Å². The third kappa shape index (κ3) is 7.27. The molecule has 0 fully saturated rings. The smallest absolute Gasteiger partial charge is 0.305 e. The van der Waals surface area contributed by atoms with Crippen molar-refractivity contribution < 1.29 is 23.8 Å². The molecule has 1 amide bonds. The molecule has 0 aliphatic carbocycles. The number of likely N-dealkylation sites (N-methyl/N-ethyl adjacent to an activating group) is 1. The second kappa shape index (κ2) is 9.60. The first kappa shape index (κ1) is 22.5. The molecule has 0 aliphatic heterocycles. The zero-order chi connectivity index (χ0) is 21.6. The Morgan fingerprint density at radius 1 is 1.14 bits per heavy atom. The average molecular weight is 402 g/mol. The van der Waals surface area contributed by atoms with E-state index in [1.165, 1.54) is 5.56 Å². The molecule has 1 atom stereocenters. The number of amides is 1. The van der Waals surface area contributed by atoms with Gasteiger partial charge in [0.2, 0.25) is 0 Å². The molecule has 0 saturated carbocycles. The van der Waals surface area contributed by atoms with Crippen LogP contribution >= 0.6 is 0 Å². The highest BCUT2D eigenvalue weighted by atomic mass is 16.5. The Morgan fingerprint density at radius 3 is 2.34 bits per heavy atom. The van der Waals surface area contributed by atoms with E-state index in [1.807, 2.05) is 43.3 Å². The second-order valence-corrected chi connectivity index (χ2v) is 8.36. The van der Waals surface area contributed by atoms with Gasteiger partial charge in [0.1, 0.15) is 18.1 Å². The molecule has 1 aromatic carbocycles. The number of carbonyl (C=O) groups excluding carboxylic acids is 1. The molecule has 2 N–H and O–H groups in total. The van der Waals surface area contributed by atoms with Crippen molar-refractivity contribution in [3.05, 3.63) is 53.5 Å². The normalized spacial score (nSPS) is 12.6. The Morgan fingerprint density at radius 2 is 1.79 bits per heavy atom. The highest BCUT2D eigenvalue weighted by Gasteiger charge is 2.20. The first-order chi connectivity index (χ1) is 13.5. The molecule has 1 heterocycles. The second-order valence-electron chi connectivity index (χ2n) is 8.36. The molecule has 7 heteroatoms. The first-order valence-electron chi connectivity index (χ1n) is 9.54. The summed E-state index contributed by atoms with van der Waals surface area (Å²) >= 11 is 0. The number of carbonyl (C=O) groups is 2. The highest BCUT2D eigenvalue weighted by Crippen LogP contribution is 2.24. The fourth-order valence-corrected chi connectivity index (χ4v) is 2.85. The van der Waals surface area contributed by atoms with Crippen molar-refractivity contribution in [1.82, 2.24) is 10.2 Å². The lowest BCUT2D eigenvalue weighted by atomic mass is 9.87. The molecule has 0 radical (unpaired) electrons. The van der Waals surface area contributed by atoms with Gasteiger partial charge in [-0.1, -0.05) is 32.9 Å². The van der Waals surface area contributed by atoms with E-state index in [0.717, 1.165) is 0 Å². The maximum Gasteiger partial charge on any atom is 0.305 e. The van der Waals surface area contributed by atoms with E-state index in [2.05, 4.69) is 26.1 Å². The van der Waals surface area contributed by atoms with Gasteiger partial charge >= 0.3 is 5.97 Å². The molecule has 0 spiro atoms. The van der Waals surface area contributed by atoms with Crippen molar-refractivity contribution in [3.8, 4) is 5.75 Å². The third-order valence-electron chi connectivity index (χ3n) is 4.33. The van der Waals surface area contributed by atoms with Gasteiger partial charge in [0.15, 0.2) is 5.76 Å². The van der Waals surface area contributed by atoms with E-state index in [0.29, 0.717) is 18.1 Å². The minimum absolute atomic E-state index is 0.0763. The van der Waals surface area contributed by atoms with Crippen LogP contribution in [-0.2, 0) is 16.8 Å². The van der Waals surface area contributed by atoms with Crippen molar-refractivity contribution in [2.45, 2.75) is 45.3 Å². The highest BCUT2D eigenvalue weighted by molar-refractivity contribution is 5.92. The molecule has 7 nitrogen and oxygen atoms in total. The topological polar surface area (TPSA) is 92.0 Å². The number of carboxylic acids is 1. The fourth-order valence-electron chi connectivity index (χ4n) is 2.85. The minimum Gasteiger partial charge on any atom is -0.486 e. The molecule has 2 rings (SSSR count). The van der Waals surface area contributed by atoms with Crippen molar-refractivity contribution in [2.75, 3.05) is 20.6 Å². The van der Waals surface area contributed by atoms with Crippen LogP contribution in [-0.4, -0.2) is 48.6 Å². The van der Waals surface area contributed by atoms with E-state index >= 15 is 0 Å². The standard InChI is InChI=1S/C22H30N2O5/c1-22(2,3)15-6-8-17(9-7-15)28-14-18-10-11-19(29-18)21(27)23-16(12-20(25)26)13-24(4)5/h6-11,16H,12-14H2,1-5H3,(H,23,27)(H,25,26)/t16-/m1/s1. The molecule has 29 heavy (non-hydrogen) atoms. The van der Waals surface area contributed by atoms with Crippen LogP contribution in [0.1, 0.15) is 49.1 Å². The van der Waals surface area contributed by atoms with Crippen molar-refractivity contribution in [3.63, 3.8) is 0 Å². The number of benzene rings is 1. The Kier molecular flexibility index (Phi) is 7.45. The van der Waals surface area contributed by atoms with Crippen LogP contribution in [0.5, 0.6) is 5.75 Å². The number of ether oxygens (including phenoxy) is 1. The summed E-state index contributed by atoms with van der Waals surface area (Å²) in [5.74, 6) is -0.0618. The molecular weight excluding hydrogens is 372 g/mol. The van der Waals surface area contributed by atoms with Gasteiger partial charge in [-0.3, -0.25) is 9.59 Å². The molecule has 2 aromatic rings. The number of furan rings is 1. The van der Waals surface area contributed by atoms with Crippen LogP contribution in [0.3, 0.4) is 0 Å². The Balaban J connectivity index is 1.93. The summed E-state index contributed by atoms with van der Waals surface area (Å²) in [6.45, 7) is 7.06. The number of carboxylic acid groups (broad SMARTS) is 1. The van der Waals surface area contributed by atoms with Gasteiger partial charge in [0, 0.05) is 6.54 Å². The van der Waals surface area contributed by atoms with Gasteiger partial charge in [-0.2, -0.15) is 0 Å². The van der Waals surface area contributed by atoms with Crippen LogP contribution < -0.4 is 10.1 Å². The molecule has 1 aromatic heterocycles. The summed E-state index contributed by atoms with van der Waals surface area (Å²) < 4.78 is 11.3. The lowest BCUT2D eigenvalue weighted by Gasteiger charge is -2.20. The lowest BCUT2D eigenvalue weighted by molar-refractivity contribution is -0.137. The van der Waals surface area contributed by atoms with Gasteiger partial charge in [-0.25, -0.2) is 0 Å². The summed E-state index contributed by atoms with van der Waals surface area (Å²) in [4.78, 5) is 25.2. The van der Waals surface area contributed by atoms with Crippen LogP contribution in [0.15, 0.2) is 40.8 Å². The summed E-state index contributed by atoms with van der Waals surface area (Å²) in [7, 11) is 3.63. The van der Waals surface area contributed by atoms with Gasteiger partial charge in [-0.05, 0) is 49.3 Å². The summed E-state index contributed by atoms with van der Waals surface area (Å²) in [6.07, 6.45) is -0.162. The maximum absolute atomic E-state index is 12.4. The summed E-state index contributed by atoms with van der Waals surface area (Å²) in [5.41, 5.74) is 1.29. The van der Waals surface area contributed by atoms with E-state index in [-0.39, 0.29) is 24.2 Å². The van der Waals surface area contributed by atoms with Gasteiger partial charge in [0.25, 0.3) is 5.91 Å². The monoisotopic (exact) mass is 402 g/mol. The number of nitrogens with one attached hydrogen (secondary N) is 1. The number of nitrogens with zero attached hydrogens (tertiary/aromatic N) is 1. The summed E-state index contributed by atoms with van der Waals surface area (Å²) in [6, 6.07) is 10.6. The van der Waals surface area contributed by atoms with E-state index in [9.17, 15) is 9.59 Å². The van der Waals surface area contributed by atoms with E-state index in [1.54, 1.807) is 12.1 Å². The molecular formula is C22H30N2O5. The van der Waals surface area contributed by atoms with Gasteiger partial charge in [-0.15, -0.1) is 0 Å². The summed E-state index contributed by atoms with van der Waals surface area (Å²) in [5, 5.41) is 11.7. The predicted molar refractivity (Wildman–Crippen MR) is 110 cm³/mol. The van der Waals surface area contributed by atoms with Crippen molar-refractivity contribution in [1.29, 1.82) is 0 Å². The van der Waals surface area contributed by atoms with Gasteiger partial charge in [0.05, 0.1) is 12.5 Å². The van der Waals surface area contributed by atoms with Crippen LogP contribution in [0.25, 0.3) is 0 Å². The van der Waals surface area contributed by atoms with E-state index < -0.39 is 17.9 Å². The van der Waals surface area contributed by atoms with Crippen LogP contribution in [0, 0.1) is 0 Å². The Hall–Kier alpha value is -2.80. The van der Waals surface area contributed by atoms with Crippen LogP contribution in [0.4, 0.5) is 0 Å². The molecule has 0 unspecified atom stereocenters. The number of aliphatic carboxylic acids is 1. The SMILES string of the molecule is CN(C)C[C@@H](CC(=O)O)NC(=O)c1ccc(COc2ccc(C(C)(C)C)cc2)o1. The zero-order valence-electron chi connectivity index (χ0n) is 17.7. The maximum atomic E-state index is 12.4. The molecule has 0 bridgehead atoms. The molecule has 0 saturated heterocycles. The molecule has 0 aliphatic rings. The number of rotatable bonds is 9. The zero-order valence-corrected chi connectivity index (χ0v) is 17.7. The number of hydrogen-bond donors (Lipinski definition) is 2. The third-order valence-corrected chi connectivity index (χ3v) is 4.33. The Labute approximate surface area is 171 Å². The number of hydrogen-bond acceptors (Lipinski definition) is 5. The average Bonchev–Trinajstić information content (AvgIpc) is 3.07. The largest absolute Gasteiger partial charge is 0.486 e. The van der Waals surface area contributed by atoms with Gasteiger partial charge < -0.3 is 24.5 Å². The quantitative estimate of drug-likeness (QED) is 0.669. The lowest BCUT2D eigenvalue weighted by Crippen LogP contribution is -2.42. The van der Waals surface area contributed by atoms with Crippen LogP contribution in [0.2, 0.25) is 0 Å². The van der Waals surface area contributed by atoms with E-state index in [4.69, 9.17) is 14.3 Å². The molecule has 158 valence electrons. The Bertz CT molecular complexity index is 818. The predicted octanol–water partition coefficient (Wildman–Crippen LogP) is 3.29. The first-order valence-corrected chi connectivity index (χ1v) is 9.54. The van der Waals surface area contributed by atoms with Crippen molar-refractivity contribution in [2.24, 2.45) is 0 Å². The fraction of sp³-hybridized carbons (Fsp3) is 0.455.